The van der Waals surface area contributed by atoms with E-state index in [0.29, 0.717) is 22.6 Å². The van der Waals surface area contributed by atoms with Crippen LogP contribution in [0.4, 0.5) is 5.13 Å². The van der Waals surface area contributed by atoms with Gasteiger partial charge in [-0.2, -0.15) is 0 Å². The monoisotopic (exact) mass is 265 g/mol. The van der Waals surface area contributed by atoms with Crippen molar-refractivity contribution in [3.05, 3.63) is 22.7 Å². The third kappa shape index (κ3) is 3.13. The summed E-state index contributed by atoms with van der Waals surface area (Å²) in [5.41, 5.74) is 0.424. The zero-order valence-electron chi connectivity index (χ0n) is 10.5. The Morgan fingerprint density at radius 3 is 2.89 bits per heavy atom. The Labute approximate surface area is 109 Å². The van der Waals surface area contributed by atoms with Crippen LogP contribution in [-0.4, -0.2) is 26.1 Å². The van der Waals surface area contributed by atoms with E-state index in [-0.39, 0.29) is 5.91 Å². The Hall–Kier alpha value is -1.76. The number of carbonyl (C=O) groups excluding carboxylic acids is 1. The van der Waals surface area contributed by atoms with Gasteiger partial charge in [0.15, 0.2) is 0 Å². The molecule has 7 heteroatoms. The van der Waals surface area contributed by atoms with Crippen LogP contribution in [0.5, 0.6) is 0 Å². The summed E-state index contributed by atoms with van der Waals surface area (Å²) in [6.45, 7) is 6.03. The molecule has 0 fully saturated rings. The number of hydrogen-bond acceptors (Lipinski definition) is 5. The zero-order chi connectivity index (χ0) is 13.1. The van der Waals surface area contributed by atoms with Crippen LogP contribution in [0.3, 0.4) is 0 Å². The van der Waals surface area contributed by atoms with Gasteiger partial charge in [-0.3, -0.25) is 10.1 Å². The van der Waals surface area contributed by atoms with Crippen LogP contribution >= 0.6 is 11.3 Å². The second-order valence-corrected chi connectivity index (χ2v) is 5.50. The van der Waals surface area contributed by atoms with Gasteiger partial charge < -0.3 is 4.98 Å². The van der Waals surface area contributed by atoms with Gasteiger partial charge in [0.05, 0.1) is 6.20 Å². The number of carbonyl (C=O) groups is 1. The van der Waals surface area contributed by atoms with E-state index in [9.17, 15) is 4.79 Å². The topological polar surface area (TPSA) is 83.6 Å². The molecule has 2 rings (SSSR count). The van der Waals surface area contributed by atoms with Crippen LogP contribution in [0.2, 0.25) is 0 Å². The smallest absolute Gasteiger partial charge is 0.275 e. The molecule has 0 aliphatic heterocycles. The Balaban J connectivity index is 2.01. The van der Waals surface area contributed by atoms with Crippen LogP contribution in [0.25, 0.3) is 0 Å². The van der Waals surface area contributed by atoms with Crippen molar-refractivity contribution in [3.63, 3.8) is 0 Å². The van der Waals surface area contributed by atoms with E-state index in [1.165, 1.54) is 17.5 Å². The Bertz CT molecular complexity index is 545. The molecule has 1 amide bonds. The lowest BCUT2D eigenvalue weighted by molar-refractivity contribution is 0.102. The predicted molar refractivity (Wildman–Crippen MR) is 69.7 cm³/mol. The summed E-state index contributed by atoms with van der Waals surface area (Å²) in [6, 6.07) is 0. The number of nitrogens with zero attached hydrogens (tertiary/aromatic N) is 3. The van der Waals surface area contributed by atoms with Gasteiger partial charge in [0, 0.05) is 6.42 Å². The lowest BCUT2D eigenvalue weighted by Gasteiger charge is -1.98. The summed E-state index contributed by atoms with van der Waals surface area (Å²) < 4.78 is 0. The lowest BCUT2D eigenvalue weighted by Crippen LogP contribution is -2.12. The van der Waals surface area contributed by atoms with Crippen LogP contribution in [-0.2, 0) is 6.42 Å². The fraction of sp³-hybridized carbons (Fsp3) is 0.455. The molecule has 96 valence electrons. The maximum absolute atomic E-state index is 11.8. The minimum Gasteiger partial charge on any atom is -0.338 e. The second-order valence-electron chi connectivity index (χ2n) is 4.44. The molecule has 2 aromatic heterocycles. The molecule has 2 heterocycles. The predicted octanol–water partition coefficient (Wildman–Crippen LogP) is 2.02. The first-order valence-electron chi connectivity index (χ1n) is 5.70. The highest BCUT2D eigenvalue weighted by molar-refractivity contribution is 7.15. The second kappa shape index (κ2) is 5.26. The summed E-state index contributed by atoms with van der Waals surface area (Å²) in [6.07, 6.45) is 2.37. The number of H-pyrrole nitrogens is 1. The molecular formula is C11H15N5OS. The molecule has 0 unspecified atom stereocenters. The molecule has 0 aliphatic carbocycles. The molecular weight excluding hydrogens is 250 g/mol. The van der Waals surface area contributed by atoms with E-state index in [4.69, 9.17) is 0 Å². The first-order valence-corrected chi connectivity index (χ1v) is 6.51. The van der Waals surface area contributed by atoms with Gasteiger partial charge in [-0.25, -0.2) is 4.98 Å². The highest BCUT2D eigenvalue weighted by atomic mass is 32.1. The van der Waals surface area contributed by atoms with Gasteiger partial charge in [0.2, 0.25) is 5.13 Å². The summed E-state index contributed by atoms with van der Waals surface area (Å²) in [5, 5.41) is 12.1. The Morgan fingerprint density at radius 1 is 1.50 bits per heavy atom. The average Bonchev–Trinajstić information content (AvgIpc) is 2.87. The number of amides is 1. The zero-order valence-corrected chi connectivity index (χ0v) is 11.3. The number of aromatic amines is 1. The number of imidazole rings is 1. The van der Waals surface area contributed by atoms with E-state index in [0.717, 1.165) is 11.4 Å². The summed E-state index contributed by atoms with van der Waals surface area (Å²) >= 11 is 1.40. The van der Waals surface area contributed by atoms with E-state index < -0.39 is 0 Å². The van der Waals surface area contributed by atoms with E-state index in [1.807, 2.05) is 0 Å². The number of aryl methyl sites for hydroxylation is 1. The van der Waals surface area contributed by atoms with Gasteiger partial charge in [-0.1, -0.05) is 25.2 Å². The van der Waals surface area contributed by atoms with Crippen LogP contribution in [0.15, 0.2) is 6.20 Å². The van der Waals surface area contributed by atoms with Crippen molar-refractivity contribution in [2.75, 3.05) is 5.32 Å². The van der Waals surface area contributed by atoms with Crippen molar-refractivity contribution in [1.29, 1.82) is 0 Å². The summed E-state index contributed by atoms with van der Waals surface area (Å²) in [7, 11) is 0. The van der Waals surface area contributed by atoms with Gasteiger partial charge in [0.1, 0.15) is 16.5 Å². The summed E-state index contributed by atoms with van der Waals surface area (Å²) in [4.78, 5) is 18.7. The molecule has 0 atom stereocenters. The molecule has 0 aromatic carbocycles. The maximum Gasteiger partial charge on any atom is 0.275 e. The van der Waals surface area contributed by atoms with Gasteiger partial charge in [0.25, 0.3) is 5.91 Å². The van der Waals surface area contributed by atoms with Crippen molar-refractivity contribution in [2.45, 2.75) is 27.2 Å². The maximum atomic E-state index is 11.8. The molecule has 6 nitrogen and oxygen atoms in total. The molecule has 0 spiro atoms. The van der Waals surface area contributed by atoms with Gasteiger partial charge in [-0.15, -0.1) is 10.2 Å². The number of aromatic nitrogens is 4. The van der Waals surface area contributed by atoms with Crippen molar-refractivity contribution in [3.8, 4) is 0 Å². The third-order valence-electron chi connectivity index (χ3n) is 2.22. The minimum absolute atomic E-state index is 0.247. The largest absolute Gasteiger partial charge is 0.338 e. The van der Waals surface area contributed by atoms with Crippen molar-refractivity contribution in [1.82, 2.24) is 20.2 Å². The third-order valence-corrected chi connectivity index (χ3v) is 3.08. The van der Waals surface area contributed by atoms with Crippen molar-refractivity contribution < 1.29 is 4.79 Å². The molecule has 0 aliphatic rings. The number of hydrogen-bond donors (Lipinski definition) is 2. The van der Waals surface area contributed by atoms with Crippen molar-refractivity contribution >= 4 is 22.4 Å². The molecule has 18 heavy (non-hydrogen) atoms. The van der Waals surface area contributed by atoms with Gasteiger partial charge in [-0.05, 0) is 12.8 Å². The Kier molecular flexibility index (Phi) is 3.71. The molecule has 0 saturated carbocycles. The standard InChI is InChI=1S/C11H15N5OS/c1-6(2)4-9-15-16-11(18-9)14-10(17)8-5-12-7(3)13-8/h5-6H,4H2,1-3H3,(H,12,13)(H,14,16,17). The first kappa shape index (κ1) is 12.7. The van der Waals surface area contributed by atoms with Crippen LogP contribution < -0.4 is 5.32 Å². The van der Waals surface area contributed by atoms with Crippen LogP contribution in [0, 0.1) is 12.8 Å². The highest BCUT2D eigenvalue weighted by Gasteiger charge is 2.12. The van der Waals surface area contributed by atoms with E-state index >= 15 is 0 Å². The summed E-state index contributed by atoms with van der Waals surface area (Å²) in [5.74, 6) is 0.984. The molecule has 2 N–H and O–H groups in total. The van der Waals surface area contributed by atoms with E-state index in [2.05, 4.69) is 39.3 Å². The molecule has 0 radical (unpaired) electrons. The quantitative estimate of drug-likeness (QED) is 0.885. The highest BCUT2D eigenvalue weighted by Crippen LogP contribution is 2.18. The number of rotatable bonds is 4. The number of anilines is 1. The SMILES string of the molecule is Cc1ncc(C(=O)Nc2nnc(CC(C)C)s2)[nH]1. The molecule has 2 aromatic rings. The first-order chi connectivity index (χ1) is 8.54. The molecule has 0 saturated heterocycles. The lowest BCUT2D eigenvalue weighted by atomic mass is 10.1. The minimum atomic E-state index is -0.247. The van der Waals surface area contributed by atoms with E-state index in [1.54, 1.807) is 6.92 Å². The fourth-order valence-corrected chi connectivity index (χ4v) is 2.38. The average molecular weight is 265 g/mol. The fourth-order valence-electron chi connectivity index (χ4n) is 1.44. The van der Waals surface area contributed by atoms with Crippen molar-refractivity contribution in [2.24, 2.45) is 5.92 Å². The Morgan fingerprint density at radius 2 is 2.28 bits per heavy atom. The van der Waals surface area contributed by atoms with Gasteiger partial charge >= 0.3 is 0 Å². The normalized spacial score (nSPS) is 10.9. The number of nitrogens with one attached hydrogen (secondary N) is 2. The molecule has 0 bridgehead atoms. The van der Waals surface area contributed by atoms with Crippen LogP contribution in [0.1, 0.15) is 35.2 Å².